The fourth-order valence-electron chi connectivity index (χ4n) is 1.85. The molecule has 0 aliphatic carbocycles. The average molecular weight is 357 g/mol. The third kappa shape index (κ3) is 3.26. The van der Waals surface area contributed by atoms with Crippen molar-refractivity contribution in [2.45, 2.75) is 13.0 Å². The third-order valence-electron chi connectivity index (χ3n) is 2.78. The van der Waals surface area contributed by atoms with Gasteiger partial charge in [-0.15, -0.1) is 0 Å². The van der Waals surface area contributed by atoms with E-state index in [9.17, 15) is 10.1 Å². The van der Waals surface area contributed by atoms with Gasteiger partial charge in [0.2, 0.25) is 0 Å². The molecule has 1 aromatic carbocycles. The van der Waals surface area contributed by atoms with Gasteiger partial charge in [-0.2, -0.15) is 0 Å². The molecular formula is C13H11BrClN3O2. The Morgan fingerprint density at radius 3 is 2.80 bits per heavy atom. The highest BCUT2D eigenvalue weighted by molar-refractivity contribution is 9.10. The molecule has 1 aromatic heterocycles. The highest BCUT2D eigenvalue weighted by atomic mass is 79.9. The third-order valence-corrected chi connectivity index (χ3v) is 3.91. The molecule has 0 spiro atoms. The van der Waals surface area contributed by atoms with E-state index in [0.717, 1.165) is 5.69 Å². The fourth-order valence-corrected chi connectivity index (χ4v) is 2.30. The highest BCUT2D eigenvalue weighted by Crippen LogP contribution is 2.29. The summed E-state index contributed by atoms with van der Waals surface area (Å²) in [6.45, 7) is 1.85. The Bertz CT molecular complexity index is 651. The molecule has 1 heterocycles. The Hall–Kier alpha value is -1.66. The maximum Gasteiger partial charge on any atom is 0.274 e. The number of nitrogens with zero attached hydrogens (tertiary/aromatic N) is 2. The zero-order chi connectivity index (χ0) is 14.7. The number of hydrogen-bond donors (Lipinski definition) is 1. The van der Waals surface area contributed by atoms with Gasteiger partial charge < -0.3 is 5.32 Å². The molecule has 0 radical (unpaired) electrons. The maximum atomic E-state index is 11.0. The van der Waals surface area contributed by atoms with E-state index < -0.39 is 0 Å². The van der Waals surface area contributed by atoms with Crippen LogP contribution in [0.3, 0.4) is 0 Å². The Morgan fingerprint density at radius 1 is 1.45 bits per heavy atom. The molecule has 7 heteroatoms. The van der Waals surface area contributed by atoms with Crippen LogP contribution in [-0.4, -0.2) is 9.91 Å². The number of benzene rings is 1. The van der Waals surface area contributed by atoms with Gasteiger partial charge in [0.05, 0.1) is 32.9 Å². The number of rotatable bonds is 4. The normalized spacial score (nSPS) is 11.9. The van der Waals surface area contributed by atoms with Gasteiger partial charge in [0.1, 0.15) is 5.15 Å². The van der Waals surface area contributed by atoms with Crippen LogP contribution in [-0.2, 0) is 0 Å². The van der Waals surface area contributed by atoms with Gasteiger partial charge in [-0.05, 0) is 28.9 Å². The topological polar surface area (TPSA) is 68.1 Å². The molecule has 0 saturated heterocycles. The molecule has 0 aliphatic rings. The summed E-state index contributed by atoms with van der Waals surface area (Å²) in [4.78, 5) is 14.6. The van der Waals surface area contributed by atoms with Crippen molar-refractivity contribution < 1.29 is 4.92 Å². The van der Waals surface area contributed by atoms with Crippen molar-refractivity contribution in [3.05, 3.63) is 61.8 Å². The number of halogens is 2. The first-order valence-corrected chi connectivity index (χ1v) is 6.97. The summed E-state index contributed by atoms with van der Waals surface area (Å²) in [6, 6.07) is 8.19. The average Bonchev–Trinajstić information content (AvgIpc) is 2.43. The van der Waals surface area contributed by atoms with Gasteiger partial charge in [-0.1, -0.05) is 29.8 Å². The number of hydrogen-bond acceptors (Lipinski definition) is 4. The van der Waals surface area contributed by atoms with Crippen molar-refractivity contribution in [1.82, 2.24) is 4.98 Å². The molecule has 0 aliphatic heterocycles. The SMILES string of the molecule is CC(Nc1cnc(Cl)c(Br)c1)c1ccccc1[N+](=O)[O-]. The first kappa shape index (κ1) is 14.7. The van der Waals surface area contributed by atoms with E-state index in [2.05, 4.69) is 26.2 Å². The molecule has 0 bridgehead atoms. The quantitative estimate of drug-likeness (QED) is 0.494. The van der Waals surface area contributed by atoms with Crippen LogP contribution in [0.2, 0.25) is 5.15 Å². The molecule has 1 N–H and O–H groups in total. The Labute approximate surface area is 129 Å². The minimum atomic E-state index is -0.385. The lowest BCUT2D eigenvalue weighted by atomic mass is 10.1. The molecule has 20 heavy (non-hydrogen) atoms. The van der Waals surface area contributed by atoms with Gasteiger partial charge in [-0.25, -0.2) is 4.98 Å². The predicted molar refractivity (Wildman–Crippen MR) is 82.1 cm³/mol. The predicted octanol–water partition coefficient (Wildman–Crippen LogP) is 4.58. The van der Waals surface area contributed by atoms with Crippen LogP contribution in [0.25, 0.3) is 0 Å². The summed E-state index contributed by atoms with van der Waals surface area (Å²) in [6.07, 6.45) is 1.58. The lowest BCUT2D eigenvalue weighted by molar-refractivity contribution is -0.385. The van der Waals surface area contributed by atoms with E-state index >= 15 is 0 Å². The van der Waals surface area contributed by atoms with Gasteiger partial charge in [0.15, 0.2) is 0 Å². The second-order valence-electron chi connectivity index (χ2n) is 4.18. The minimum absolute atomic E-state index is 0.0912. The monoisotopic (exact) mass is 355 g/mol. The molecule has 1 unspecified atom stereocenters. The number of nitro groups is 1. The van der Waals surface area contributed by atoms with Crippen molar-refractivity contribution in [2.24, 2.45) is 0 Å². The zero-order valence-electron chi connectivity index (χ0n) is 10.5. The van der Waals surface area contributed by atoms with E-state index in [1.54, 1.807) is 30.5 Å². The molecule has 0 fully saturated rings. The summed E-state index contributed by atoms with van der Waals surface area (Å²) < 4.78 is 0.666. The first-order chi connectivity index (χ1) is 9.49. The fraction of sp³-hybridized carbons (Fsp3) is 0.154. The van der Waals surface area contributed by atoms with Crippen molar-refractivity contribution in [1.29, 1.82) is 0 Å². The summed E-state index contributed by atoms with van der Waals surface area (Å²) in [5.74, 6) is 0. The van der Waals surface area contributed by atoms with Crippen LogP contribution in [0, 0.1) is 10.1 Å². The molecule has 2 aromatic rings. The smallest absolute Gasteiger partial charge is 0.274 e. The largest absolute Gasteiger partial charge is 0.377 e. The molecular weight excluding hydrogens is 346 g/mol. The van der Waals surface area contributed by atoms with E-state index in [0.29, 0.717) is 15.2 Å². The molecule has 1 atom stereocenters. The van der Waals surface area contributed by atoms with Gasteiger partial charge in [0, 0.05) is 6.07 Å². The zero-order valence-corrected chi connectivity index (χ0v) is 12.9. The maximum absolute atomic E-state index is 11.0. The molecule has 104 valence electrons. The van der Waals surface area contributed by atoms with Gasteiger partial charge in [-0.3, -0.25) is 10.1 Å². The van der Waals surface area contributed by atoms with E-state index in [1.807, 2.05) is 6.92 Å². The van der Waals surface area contributed by atoms with Crippen LogP contribution in [0.15, 0.2) is 41.0 Å². The van der Waals surface area contributed by atoms with Crippen LogP contribution in [0.1, 0.15) is 18.5 Å². The van der Waals surface area contributed by atoms with Crippen LogP contribution < -0.4 is 5.32 Å². The van der Waals surface area contributed by atoms with Crippen LogP contribution in [0.4, 0.5) is 11.4 Å². The Balaban J connectivity index is 2.26. The number of aromatic nitrogens is 1. The van der Waals surface area contributed by atoms with Gasteiger partial charge >= 0.3 is 0 Å². The van der Waals surface area contributed by atoms with E-state index in [4.69, 9.17) is 11.6 Å². The summed E-state index contributed by atoms with van der Waals surface area (Å²) >= 11 is 9.11. The highest BCUT2D eigenvalue weighted by Gasteiger charge is 2.18. The second-order valence-corrected chi connectivity index (χ2v) is 5.39. The number of pyridine rings is 1. The van der Waals surface area contributed by atoms with Crippen molar-refractivity contribution >= 4 is 38.9 Å². The van der Waals surface area contributed by atoms with Gasteiger partial charge in [0.25, 0.3) is 5.69 Å². The molecule has 0 saturated carbocycles. The minimum Gasteiger partial charge on any atom is -0.377 e. The summed E-state index contributed by atoms with van der Waals surface area (Å²) in [5, 5.41) is 14.6. The van der Waals surface area contributed by atoms with Crippen molar-refractivity contribution in [3.8, 4) is 0 Å². The summed E-state index contributed by atoms with van der Waals surface area (Å²) in [7, 11) is 0. The number of anilines is 1. The lowest BCUT2D eigenvalue weighted by Crippen LogP contribution is -2.09. The van der Waals surface area contributed by atoms with Crippen LogP contribution >= 0.6 is 27.5 Å². The van der Waals surface area contributed by atoms with Crippen molar-refractivity contribution in [3.63, 3.8) is 0 Å². The number of nitrogens with one attached hydrogen (secondary N) is 1. The standard InChI is InChI=1S/C13H11BrClN3O2/c1-8(10-4-2-3-5-12(10)18(19)20)17-9-6-11(14)13(15)16-7-9/h2-8,17H,1H3. The second kappa shape index (κ2) is 6.19. The van der Waals surface area contributed by atoms with E-state index in [-0.39, 0.29) is 16.7 Å². The Kier molecular flexibility index (Phi) is 4.57. The lowest BCUT2D eigenvalue weighted by Gasteiger charge is -2.15. The molecule has 5 nitrogen and oxygen atoms in total. The summed E-state index contributed by atoms with van der Waals surface area (Å²) in [5.41, 5.74) is 1.43. The molecule has 0 amide bonds. The number of nitro benzene ring substituents is 1. The van der Waals surface area contributed by atoms with Crippen molar-refractivity contribution in [2.75, 3.05) is 5.32 Å². The van der Waals surface area contributed by atoms with Crippen LogP contribution in [0.5, 0.6) is 0 Å². The number of para-hydroxylation sites is 1. The van der Waals surface area contributed by atoms with E-state index in [1.165, 1.54) is 6.07 Å². The molecule has 2 rings (SSSR count). The first-order valence-electron chi connectivity index (χ1n) is 5.80. The Morgan fingerprint density at radius 2 is 2.15 bits per heavy atom.